The van der Waals surface area contributed by atoms with Gasteiger partial charge in [-0.15, -0.1) is 0 Å². The molecule has 53 heavy (non-hydrogen) atoms. The van der Waals surface area contributed by atoms with Crippen molar-refractivity contribution in [2.45, 2.75) is 95.7 Å². The van der Waals surface area contributed by atoms with Crippen LogP contribution >= 0.6 is 11.6 Å². The average molecular weight is 753 g/mol. The van der Waals surface area contributed by atoms with Gasteiger partial charge in [0.2, 0.25) is 5.91 Å². The molecule has 0 aliphatic carbocycles. The highest BCUT2D eigenvalue weighted by atomic mass is 35.5. The number of aryl methyl sites for hydroxylation is 1. The number of nitrogens with zero attached hydrogens (tertiary/aromatic N) is 2. The number of esters is 1. The van der Waals surface area contributed by atoms with Gasteiger partial charge >= 0.3 is 12.1 Å². The van der Waals surface area contributed by atoms with Gasteiger partial charge in [0.1, 0.15) is 30.0 Å². The fourth-order valence-corrected chi connectivity index (χ4v) is 7.28. The summed E-state index contributed by atoms with van der Waals surface area (Å²) < 4.78 is 23.7. The predicted molar refractivity (Wildman–Crippen MR) is 199 cm³/mol. The van der Waals surface area contributed by atoms with E-state index < -0.39 is 71.6 Å². The molecule has 3 amide bonds. The van der Waals surface area contributed by atoms with Gasteiger partial charge in [0.25, 0.3) is 5.91 Å². The summed E-state index contributed by atoms with van der Waals surface area (Å²) in [6, 6.07) is 9.07. The molecular weight excluding hydrogens is 704 g/mol. The van der Waals surface area contributed by atoms with Crippen molar-refractivity contribution in [3.8, 4) is 0 Å². The molecule has 3 aliphatic heterocycles. The van der Waals surface area contributed by atoms with E-state index in [4.69, 9.17) is 36.3 Å². The number of hydrogen-bond donors (Lipinski definition) is 3. The number of likely N-dealkylation sites (N-methyl/N-ethyl adjacent to an activating group) is 1. The second kappa shape index (κ2) is 15.5. The maximum atomic E-state index is 14.1. The van der Waals surface area contributed by atoms with Gasteiger partial charge in [-0.3, -0.25) is 14.9 Å². The number of carbonyl (C=O) groups excluding carboxylic acids is 4. The quantitative estimate of drug-likeness (QED) is 0.221. The number of alkyl carbamates (subject to hydrolysis) is 1. The maximum absolute atomic E-state index is 14.1. The van der Waals surface area contributed by atoms with Crippen molar-refractivity contribution in [2.24, 2.45) is 5.92 Å². The number of methoxy groups -OCH3 is 1. The number of benzene rings is 2. The van der Waals surface area contributed by atoms with Gasteiger partial charge < -0.3 is 39.6 Å². The SMILES string of the molecule is CO[C@@H]1/C=C/C=C(\C)Cc2cc(C)c(Cl)c(c2)N(C)C(=O)C[C@H](OC(=O)[C@H](C)N(C)C(=O)c2ccc(N)cc2)[C@]2(C)O[C@H]2[C@H](C)[C@@H]2C[C@@]1(O)NC(=O)O2. The number of carbonyl (C=O) groups is 4. The molecule has 0 spiro atoms. The molecular formula is C39H49ClN4O9. The Labute approximate surface area is 315 Å². The molecule has 4 bridgehead atoms. The number of epoxide rings is 1. The van der Waals surface area contributed by atoms with Gasteiger partial charge in [0, 0.05) is 44.8 Å². The maximum Gasteiger partial charge on any atom is 0.409 e. The van der Waals surface area contributed by atoms with Crippen molar-refractivity contribution in [2.75, 3.05) is 31.8 Å². The number of nitrogen functional groups attached to an aromatic ring is 1. The van der Waals surface area contributed by atoms with E-state index in [0.29, 0.717) is 28.4 Å². The number of nitrogens with one attached hydrogen (secondary N) is 1. The lowest BCUT2D eigenvalue weighted by molar-refractivity contribution is -0.158. The third kappa shape index (κ3) is 8.38. The summed E-state index contributed by atoms with van der Waals surface area (Å²) in [6.45, 7) is 8.86. The molecule has 0 saturated carbocycles. The van der Waals surface area contributed by atoms with Crippen molar-refractivity contribution in [1.82, 2.24) is 10.2 Å². The highest BCUT2D eigenvalue weighted by Crippen LogP contribution is 2.49. The van der Waals surface area contributed by atoms with Gasteiger partial charge in [-0.05, 0) is 75.6 Å². The van der Waals surface area contributed by atoms with Crippen LogP contribution in [0.2, 0.25) is 5.02 Å². The van der Waals surface area contributed by atoms with Crippen LogP contribution in [-0.4, -0.2) is 96.9 Å². The summed E-state index contributed by atoms with van der Waals surface area (Å²) in [4.78, 5) is 56.7. The van der Waals surface area contributed by atoms with Crippen LogP contribution in [0.25, 0.3) is 0 Å². The number of ether oxygens (including phenoxy) is 4. The summed E-state index contributed by atoms with van der Waals surface area (Å²) in [7, 11) is 4.53. The molecule has 2 aromatic rings. The molecule has 0 aromatic heterocycles. The zero-order chi connectivity index (χ0) is 39.0. The predicted octanol–water partition coefficient (Wildman–Crippen LogP) is 4.71. The fraction of sp³-hybridized carbons (Fsp3) is 0.487. The van der Waals surface area contributed by atoms with Gasteiger partial charge in [0.05, 0.1) is 23.2 Å². The average Bonchev–Trinajstić information content (AvgIpc) is 3.81. The van der Waals surface area contributed by atoms with E-state index in [1.807, 2.05) is 32.1 Å². The lowest BCUT2D eigenvalue weighted by Gasteiger charge is -2.42. The highest BCUT2D eigenvalue weighted by molar-refractivity contribution is 6.34. The summed E-state index contributed by atoms with van der Waals surface area (Å²) in [5.41, 5.74) is 6.70. The first-order chi connectivity index (χ1) is 24.9. The normalized spacial score (nSPS) is 31.2. The molecule has 2 saturated heterocycles. The molecule has 2 fully saturated rings. The lowest BCUT2D eigenvalue weighted by Crippen LogP contribution is -2.63. The molecule has 286 valence electrons. The Morgan fingerprint density at radius 3 is 2.53 bits per heavy atom. The molecule has 3 aliphatic rings. The molecule has 3 heterocycles. The first-order valence-corrected chi connectivity index (χ1v) is 17.9. The van der Waals surface area contributed by atoms with Crippen molar-refractivity contribution in [3.63, 3.8) is 0 Å². The number of fused-ring (bicyclic) bond motifs is 5. The van der Waals surface area contributed by atoms with Crippen LogP contribution in [0.15, 0.2) is 60.2 Å². The van der Waals surface area contributed by atoms with Crippen LogP contribution in [0.3, 0.4) is 0 Å². The van der Waals surface area contributed by atoms with Gasteiger partial charge in [-0.2, -0.15) is 0 Å². The Hall–Kier alpha value is -4.43. The standard InChI is InChI=1S/C39H49ClN4O9/c1-21-10-9-11-30(50-8)39(49)20-29(51-37(48)42-39)23(3)34-38(5,53-34)31(19-32(45)44(7)28-18-25(16-21)17-22(2)33(28)40)52-36(47)24(4)43(6)35(46)26-12-14-27(41)15-13-26/h9-15,17-18,23-24,29-31,34,49H,16,19-20,41H2,1-8H3,(H,42,48)/b11-9+,21-10+/t23-,24+,29+,30-,31+,34+,38+,39+/m1/s1. The summed E-state index contributed by atoms with van der Waals surface area (Å²) in [6.07, 6.45) is 1.08. The van der Waals surface area contributed by atoms with E-state index in [1.165, 1.54) is 30.9 Å². The molecule has 0 radical (unpaired) electrons. The van der Waals surface area contributed by atoms with E-state index in [2.05, 4.69) is 5.32 Å². The first-order valence-electron chi connectivity index (χ1n) is 17.5. The minimum atomic E-state index is -1.82. The van der Waals surface area contributed by atoms with E-state index in [-0.39, 0.29) is 12.8 Å². The monoisotopic (exact) mass is 752 g/mol. The first kappa shape index (κ1) is 39.8. The van der Waals surface area contributed by atoms with E-state index in [9.17, 15) is 24.3 Å². The molecule has 14 heteroatoms. The van der Waals surface area contributed by atoms with Gasteiger partial charge in [-0.25, -0.2) is 9.59 Å². The third-order valence-electron chi connectivity index (χ3n) is 10.6. The molecule has 2 aromatic carbocycles. The molecule has 13 nitrogen and oxygen atoms in total. The Balaban J connectivity index is 1.51. The number of allylic oxidation sites excluding steroid dienone is 3. The van der Waals surface area contributed by atoms with Crippen LogP contribution < -0.4 is 16.0 Å². The largest absolute Gasteiger partial charge is 0.457 e. The van der Waals surface area contributed by atoms with Crippen LogP contribution in [-0.2, 0) is 35.0 Å². The Morgan fingerprint density at radius 1 is 1.19 bits per heavy atom. The minimum Gasteiger partial charge on any atom is -0.457 e. The van der Waals surface area contributed by atoms with Crippen LogP contribution in [0.4, 0.5) is 16.2 Å². The van der Waals surface area contributed by atoms with Crippen molar-refractivity contribution in [1.29, 1.82) is 0 Å². The van der Waals surface area contributed by atoms with Gasteiger partial charge in [0.15, 0.2) is 5.72 Å². The number of hydrogen-bond acceptors (Lipinski definition) is 10. The number of aliphatic hydroxyl groups is 1. The van der Waals surface area contributed by atoms with Crippen molar-refractivity contribution in [3.05, 3.63) is 81.9 Å². The van der Waals surface area contributed by atoms with E-state index in [1.54, 1.807) is 57.3 Å². The number of amides is 3. The minimum absolute atomic E-state index is 0.0494. The van der Waals surface area contributed by atoms with Crippen LogP contribution in [0.1, 0.15) is 62.0 Å². The number of anilines is 2. The van der Waals surface area contributed by atoms with Crippen molar-refractivity contribution >= 4 is 46.9 Å². The second-order valence-electron chi connectivity index (χ2n) is 14.6. The number of nitrogens with two attached hydrogens (primary N) is 1. The second-order valence-corrected chi connectivity index (χ2v) is 14.9. The molecule has 4 N–H and O–H groups in total. The number of rotatable bonds is 5. The van der Waals surface area contributed by atoms with E-state index in [0.717, 1.165) is 16.7 Å². The zero-order valence-corrected chi connectivity index (χ0v) is 32.1. The van der Waals surface area contributed by atoms with Crippen molar-refractivity contribution < 1.29 is 43.2 Å². The summed E-state index contributed by atoms with van der Waals surface area (Å²) in [5, 5.41) is 14.6. The fourth-order valence-electron chi connectivity index (χ4n) is 7.04. The smallest absolute Gasteiger partial charge is 0.409 e. The molecule has 8 atom stereocenters. The highest BCUT2D eigenvalue weighted by Gasteiger charge is 2.64. The van der Waals surface area contributed by atoms with Crippen LogP contribution in [0, 0.1) is 12.8 Å². The molecule has 0 unspecified atom stereocenters. The van der Waals surface area contributed by atoms with Gasteiger partial charge in [-0.1, -0.05) is 48.4 Å². The number of halogens is 1. The molecule has 5 rings (SSSR count). The Kier molecular flexibility index (Phi) is 11.6. The lowest BCUT2D eigenvalue weighted by atomic mass is 9.83. The Bertz CT molecular complexity index is 1820. The topological polar surface area (TPSA) is 173 Å². The zero-order valence-electron chi connectivity index (χ0n) is 31.3. The summed E-state index contributed by atoms with van der Waals surface area (Å²) in [5.74, 6) is -2.11. The van der Waals surface area contributed by atoms with E-state index >= 15 is 0 Å². The third-order valence-corrected chi connectivity index (χ3v) is 11.1. The van der Waals surface area contributed by atoms with Crippen LogP contribution in [0.5, 0.6) is 0 Å². The summed E-state index contributed by atoms with van der Waals surface area (Å²) >= 11 is 6.77. The Morgan fingerprint density at radius 2 is 1.87 bits per heavy atom.